The van der Waals surface area contributed by atoms with Gasteiger partial charge in [0.15, 0.2) is 11.5 Å². The summed E-state index contributed by atoms with van der Waals surface area (Å²) < 4.78 is 0. The molecule has 0 bridgehead atoms. The first-order valence-electron chi connectivity index (χ1n) is 13.1. The number of carbonyl (C=O) groups is 1. The molecule has 1 aromatic rings. The quantitative estimate of drug-likeness (QED) is 0.403. The first-order chi connectivity index (χ1) is 15.8. The largest absolute Gasteiger partial charge is 0.504 e. The van der Waals surface area contributed by atoms with Gasteiger partial charge in [-0.1, -0.05) is 39.8 Å². The van der Waals surface area contributed by atoms with E-state index in [9.17, 15) is 15.0 Å². The molecule has 0 aromatic heterocycles. The lowest BCUT2D eigenvalue weighted by molar-refractivity contribution is -0.141. The number of allylic oxidation sites excluding steroid dienone is 1. The zero-order chi connectivity index (χ0) is 24.7. The fraction of sp³-hybridized carbons (Fsp3) is 0.690. The number of carbonyl (C=O) groups excluding carboxylic acids is 1. The number of primary amides is 1. The smallest absolute Gasteiger partial charge is 0.312 e. The van der Waals surface area contributed by atoms with Crippen LogP contribution in [0.25, 0.3) is 6.08 Å². The third-order valence-corrected chi connectivity index (χ3v) is 11.2. The van der Waals surface area contributed by atoms with Gasteiger partial charge in [0.05, 0.1) is 0 Å². The van der Waals surface area contributed by atoms with Crippen LogP contribution in [0.4, 0.5) is 4.79 Å². The molecule has 3 saturated carbocycles. The molecule has 4 aliphatic rings. The molecule has 0 heterocycles. The van der Waals surface area contributed by atoms with Gasteiger partial charge in [0.25, 0.3) is 0 Å². The van der Waals surface area contributed by atoms with Crippen molar-refractivity contribution >= 4 is 12.1 Å². The van der Waals surface area contributed by atoms with Crippen molar-refractivity contribution in [1.29, 1.82) is 0 Å². The predicted molar refractivity (Wildman–Crippen MR) is 136 cm³/mol. The molecule has 3 fully saturated rings. The maximum atomic E-state index is 11.4. The summed E-state index contributed by atoms with van der Waals surface area (Å²) >= 11 is 0. The lowest BCUT2D eigenvalue weighted by Crippen LogP contribution is -2.60. The van der Waals surface area contributed by atoms with Crippen LogP contribution in [0.15, 0.2) is 12.1 Å². The SMILES string of the molecule is Cc1c(O)c(O)cc2c1C=CC1C2(C)CCC2C3C[C@](C)(CNC(N)=O)CCC3(C)CCC21C. The molecule has 186 valence electrons. The van der Waals surface area contributed by atoms with E-state index >= 15 is 0 Å². The summed E-state index contributed by atoms with van der Waals surface area (Å²) in [5.74, 6) is 1.67. The van der Waals surface area contributed by atoms with Crippen LogP contribution in [0.3, 0.4) is 0 Å². The van der Waals surface area contributed by atoms with Crippen molar-refractivity contribution in [1.82, 2.24) is 5.32 Å². The highest BCUT2D eigenvalue weighted by Gasteiger charge is 2.62. The number of benzene rings is 1. The second kappa shape index (κ2) is 7.41. The van der Waals surface area contributed by atoms with Gasteiger partial charge in [0, 0.05) is 17.5 Å². The zero-order valence-electron chi connectivity index (χ0n) is 21.5. The number of phenols is 2. The Morgan fingerprint density at radius 3 is 2.50 bits per heavy atom. The minimum absolute atomic E-state index is 0.0000175. The number of hydrogen-bond donors (Lipinski definition) is 4. The molecule has 34 heavy (non-hydrogen) atoms. The fourth-order valence-corrected chi connectivity index (χ4v) is 8.93. The molecule has 1 aromatic carbocycles. The van der Waals surface area contributed by atoms with Gasteiger partial charge in [-0.05, 0) is 103 Å². The van der Waals surface area contributed by atoms with E-state index in [-0.39, 0.29) is 27.7 Å². The Balaban J connectivity index is 1.51. The summed E-state index contributed by atoms with van der Waals surface area (Å²) in [5, 5.41) is 23.7. The highest BCUT2D eigenvalue weighted by Crippen LogP contribution is 2.70. The summed E-state index contributed by atoms with van der Waals surface area (Å²) in [6, 6.07) is 1.41. The van der Waals surface area contributed by atoms with Crippen LogP contribution in [0, 0.1) is 40.9 Å². The molecule has 4 aliphatic carbocycles. The van der Waals surface area contributed by atoms with E-state index in [0.717, 1.165) is 30.4 Å². The van der Waals surface area contributed by atoms with Crippen molar-refractivity contribution < 1.29 is 15.0 Å². The summed E-state index contributed by atoms with van der Waals surface area (Å²) in [6.07, 6.45) is 12.9. The molecule has 0 spiro atoms. The number of rotatable bonds is 2. The number of urea groups is 1. The van der Waals surface area contributed by atoms with Crippen LogP contribution >= 0.6 is 0 Å². The summed E-state index contributed by atoms with van der Waals surface area (Å²) in [5.41, 5.74) is 9.06. The lowest BCUT2D eigenvalue weighted by atomic mass is 9.38. The molecule has 6 unspecified atom stereocenters. The molecule has 5 nitrogen and oxygen atoms in total. The molecule has 7 atom stereocenters. The maximum Gasteiger partial charge on any atom is 0.312 e. The molecule has 0 saturated heterocycles. The summed E-state index contributed by atoms with van der Waals surface area (Å²) in [4.78, 5) is 11.4. The molecular weight excluding hydrogens is 424 g/mol. The monoisotopic (exact) mass is 466 g/mol. The van der Waals surface area contributed by atoms with Gasteiger partial charge >= 0.3 is 6.03 Å². The molecule has 5 rings (SSSR count). The van der Waals surface area contributed by atoms with Crippen LogP contribution in [0.1, 0.15) is 89.3 Å². The highest BCUT2D eigenvalue weighted by atomic mass is 16.3. The Morgan fingerprint density at radius 1 is 1.09 bits per heavy atom. The topological polar surface area (TPSA) is 95.6 Å². The van der Waals surface area contributed by atoms with E-state index in [1.165, 1.54) is 31.2 Å². The van der Waals surface area contributed by atoms with Gasteiger partial charge in [0.2, 0.25) is 0 Å². The Kier molecular flexibility index (Phi) is 5.14. The first kappa shape index (κ1) is 23.6. The number of hydrogen-bond acceptors (Lipinski definition) is 3. The van der Waals surface area contributed by atoms with E-state index in [2.05, 4.69) is 45.2 Å². The van der Waals surface area contributed by atoms with Crippen molar-refractivity contribution in [2.24, 2.45) is 39.7 Å². The van der Waals surface area contributed by atoms with Crippen molar-refractivity contribution in [3.63, 3.8) is 0 Å². The van der Waals surface area contributed by atoms with Gasteiger partial charge in [-0.2, -0.15) is 0 Å². The Bertz CT molecular complexity index is 1070. The molecule has 5 heteroatoms. The van der Waals surface area contributed by atoms with Gasteiger partial charge in [-0.25, -0.2) is 4.79 Å². The van der Waals surface area contributed by atoms with Crippen molar-refractivity contribution in [3.8, 4) is 11.5 Å². The molecule has 0 radical (unpaired) electrons. The fourth-order valence-electron chi connectivity index (χ4n) is 8.93. The standard InChI is InChI=1S/C29H42N2O3/c1-17-18-6-7-23-28(4,20(18)14-22(32)24(17)33)9-8-19-21-15-26(2,16-31-25(30)34)10-11-27(21,3)12-13-29(19,23)5/h6-7,14,19,21,23,32-33H,8-13,15-16H2,1-5H3,(H3,30,31,34)/t19?,21?,23?,26-,27?,28?,29?/m1/s1. The number of nitrogens with two attached hydrogens (primary N) is 1. The van der Waals surface area contributed by atoms with Crippen molar-refractivity contribution in [2.45, 2.75) is 85.0 Å². The lowest BCUT2D eigenvalue weighted by Gasteiger charge is -2.66. The second-order valence-electron chi connectivity index (χ2n) is 13.2. The van der Waals surface area contributed by atoms with Crippen LogP contribution in [0.2, 0.25) is 0 Å². The minimum atomic E-state index is -0.424. The molecular formula is C29H42N2O3. The molecule has 0 aliphatic heterocycles. The van der Waals surface area contributed by atoms with Crippen LogP contribution in [-0.2, 0) is 5.41 Å². The number of amides is 2. The summed E-state index contributed by atoms with van der Waals surface area (Å²) in [7, 11) is 0. The Hall–Kier alpha value is -2.17. The number of nitrogens with one attached hydrogen (secondary N) is 1. The number of aromatic hydroxyl groups is 2. The Labute approximate surface area is 204 Å². The van der Waals surface area contributed by atoms with Crippen molar-refractivity contribution in [3.05, 3.63) is 28.8 Å². The molecule has 5 N–H and O–H groups in total. The number of phenolic OH excluding ortho intramolecular Hbond substituents is 2. The Morgan fingerprint density at radius 2 is 1.79 bits per heavy atom. The predicted octanol–water partition coefficient (Wildman–Crippen LogP) is 6.00. The minimum Gasteiger partial charge on any atom is -0.504 e. The summed E-state index contributed by atoms with van der Waals surface area (Å²) in [6.45, 7) is 12.3. The first-order valence-corrected chi connectivity index (χ1v) is 13.1. The van der Waals surface area contributed by atoms with E-state index in [4.69, 9.17) is 5.73 Å². The maximum absolute atomic E-state index is 11.4. The van der Waals surface area contributed by atoms with E-state index < -0.39 is 6.03 Å². The van der Waals surface area contributed by atoms with Gasteiger partial charge in [-0.15, -0.1) is 0 Å². The van der Waals surface area contributed by atoms with Crippen LogP contribution < -0.4 is 11.1 Å². The van der Waals surface area contributed by atoms with Crippen LogP contribution in [0.5, 0.6) is 11.5 Å². The van der Waals surface area contributed by atoms with E-state index in [1.807, 2.05) is 13.0 Å². The normalized spacial score (nSPS) is 42.7. The second-order valence-corrected chi connectivity index (χ2v) is 13.2. The average Bonchev–Trinajstić information content (AvgIpc) is 2.78. The van der Waals surface area contributed by atoms with Crippen molar-refractivity contribution in [2.75, 3.05) is 6.54 Å². The average molecular weight is 467 g/mol. The third-order valence-electron chi connectivity index (χ3n) is 11.2. The van der Waals surface area contributed by atoms with E-state index in [1.54, 1.807) is 0 Å². The van der Waals surface area contributed by atoms with Gasteiger partial charge in [-0.3, -0.25) is 0 Å². The van der Waals surface area contributed by atoms with Crippen LogP contribution in [-0.4, -0.2) is 22.8 Å². The third kappa shape index (κ3) is 3.21. The number of fused-ring (bicyclic) bond motifs is 7. The highest BCUT2D eigenvalue weighted by molar-refractivity contribution is 5.71. The molecule has 2 amide bonds. The van der Waals surface area contributed by atoms with Gasteiger partial charge < -0.3 is 21.3 Å². The zero-order valence-corrected chi connectivity index (χ0v) is 21.5. The van der Waals surface area contributed by atoms with E-state index in [0.29, 0.717) is 29.7 Å². The van der Waals surface area contributed by atoms with Gasteiger partial charge in [0.1, 0.15) is 0 Å².